The molecule has 2 rings (SSSR count). The molecule has 1 aromatic carbocycles. The van der Waals surface area contributed by atoms with Gasteiger partial charge < -0.3 is 14.7 Å². The summed E-state index contributed by atoms with van der Waals surface area (Å²) in [6.07, 6.45) is 0.655. The monoisotopic (exact) mass is 320 g/mol. The first-order valence-corrected chi connectivity index (χ1v) is 8.26. The summed E-state index contributed by atoms with van der Waals surface area (Å²) >= 11 is 0. The van der Waals surface area contributed by atoms with E-state index in [9.17, 15) is 9.90 Å². The SMILES string of the molecule is CC(C)(C)OC(=O)N1CCN(CCc2ccccc2)C(CO)C1. The zero-order valence-electron chi connectivity index (χ0n) is 14.4. The Bertz CT molecular complexity index is 499. The van der Waals surface area contributed by atoms with Gasteiger partial charge in [-0.3, -0.25) is 4.90 Å². The lowest BCUT2D eigenvalue weighted by molar-refractivity contribution is -0.00400. The van der Waals surface area contributed by atoms with Crippen LogP contribution in [0.1, 0.15) is 26.3 Å². The van der Waals surface area contributed by atoms with E-state index in [2.05, 4.69) is 17.0 Å². The summed E-state index contributed by atoms with van der Waals surface area (Å²) in [5.41, 5.74) is 0.801. The van der Waals surface area contributed by atoms with Crippen molar-refractivity contribution in [3.8, 4) is 0 Å². The number of benzene rings is 1. The van der Waals surface area contributed by atoms with Crippen LogP contribution < -0.4 is 0 Å². The van der Waals surface area contributed by atoms with Gasteiger partial charge in [-0.25, -0.2) is 4.79 Å². The van der Waals surface area contributed by atoms with E-state index in [1.165, 1.54) is 5.56 Å². The van der Waals surface area contributed by atoms with Gasteiger partial charge in [-0.2, -0.15) is 0 Å². The molecule has 0 aromatic heterocycles. The molecule has 5 nitrogen and oxygen atoms in total. The first kappa shape index (κ1) is 17.8. The Hall–Kier alpha value is -1.59. The second-order valence-electron chi connectivity index (χ2n) is 7.03. The van der Waals surface area contributed by atoms with Crippen LogP contribution in [0.3, 0.4) is 0 Å². The molecule has 1 atom stereocenters. The lowest BCUT2D eigenvalue weighted by Crippen LogP contribution is -2.57. The van der Waals surface area contributed by atoms with Gasteiger partial charge in [0.2, 0.25) is 0 Å². The van der Waals surface area contributed by atoms with Crippen molar-refractivity contribution in [2.75, 3.05) is 32.8 Å². The molecule has 1 saturated heterocycles. The molecular formula is C18H28N2O3. The van der Waals surface area contributed by atoms with Crippen molar-refractivity contribution in [3.05, 3.63) is 35.9 Å². The van der Waals surface area contributed by atoms with E-state index in [1.54, 1.807) is 4.90 Å². The van der Waals surface area contributed by atoms with Crippen molar-refractivity contribution >= 4 is 6.09 Å². The Morgan fingerprint density at radius 3 is 2.57 bits per heavy atom. The van der Waals surface area contributed by atoms with Gasteiger partial charge >= 0.3 is 6.09 Å². The number of nitrogens with zero attached hydrogens (tertiary/aromatic N) is 2. The quantitative estimate of drug-likeness (QED) is 0.923. The highest BCUT2D eigenvalue weighted by molar-refractivity contribution is 5.68. The number of hydrogen-bond donors (Lipinski definition) is 1. The van der Waals surface area contributed by atoms with Gasteiger partial charge in [0.25, 0.3) is 0 Å². The highest BCUT2D eigenvalue weighted by atomic mass is 16.6. The van der Waals surface area contributed by atoms with Crippen molar-refractivity contribution in [1.82, 2.24) is 9.80 Å². The van der Waals surface area contributed by atoms with E-state index in [-0.39, 0.29) is 18.7 Å². The van der Waals surface area contributed by atoms with Gasteiger partial charge in [0.1, 0.15) is 5.60 Å². The summed E-state index contributed by atoms with van der Waals surface area (Å²) in [5, 5.41) is 9.67. The molecular weight excluding hydrogens is 292 g/mol. The largest absolute Gasteiger partial charge is 0.444 e. The molecule has 1 aliphatic rings. The van der Waals surface area contributed by atoms with E-state index in [0.29, 0.717) is 13.1 Å². The minimum Gasteiger partial charge on any atom is -0.444 e. The van der Waals surface area contributed by atoms with Crippen molar-refractivity contribution < 1.29 is 14.6 Å². The average molecular weight is 320 g/mol. The van der Waals surface area contributed by atoms with E-state index < -0.39 is 5.60 Å². The number of amides is 1. The summed E-state index contributed by atoms with van der Waals surface area (Å²) in [7, 11) is 0. The minimum absolute atomic E-state index is 0.0278. The molecule has 1 heterocycles. The molecule has 1 unspecified atom stereocenters. The fourth-order valence-corrected chi connectivity index (χ4v) is 2.77. The number of carbonyl (C=O) groups excluding carboxylic acids is 1. The molecule has 1 N–H and O–H groups in total. The van der Waals surface area contributed by atoms with E-state index in [1.807, 2.05) is 39.0 Å². The number of aliphatic hydroxyl groups is 1. The Labute approximate surface area is 138 Å². The maximum atomic E-state index is 12.2. The first-order valence-electron chi connectivity index (χ1n) is 8.26. The second-order valence-corrected chi connectivity index (χ2v) is 7.03. The zero-order chi connectivity index (χ0) is 16.9. The molecule has 0 aliphatic carbocycles. The van der Waals surface area contributed by atoms with Gasteiger partial charge in [0.05, 0.1) is 12.6 Å². The van der Waals surface area contributed by atoms with Crippen LogP contribution in [0.25, 0.3) is 0 Å². The number of carbonyl (C=O) groups is 1. The topological polar surface area (TPSA) is 53.0 Å². The van der Waals surface area contributed by atoms with Crippen molar-refractivity contribution in [2.24, 2.45) is 0 Å². The predicted octanol–water partition coefficient (Wildman–Crippen LogP) is 2.14. The molecule has 0 spiro atoms. The molecule has 1 aliphatic heterocycles. The average Bonchev–Trinajstić information content (AvgIpc) is 2.52. The Balaban J connectivity index is 1.87. The van der Waals surface area contributed by atoms with Crippen LogP contribution in [-0.2, 0) is 11.2 Å². The maximum absolute atomic E-state index is 12.2. The van der Waals surface area contributed by atoms with Gasteiger partial charge in [-0.1, -0.05) is 30.3 Å². The predicted molar refractivity (Wildman–Crippen MR) is 90.4 cm³/mol. The summed E-state index contributed by atoms with van der Waals surface area (Å²) < 4.78 is 5.42. The molecule has 1 amide bonds. The number of ether oxygens (including phenoxy) is 1. The zero-order valence-corrected chi connectivity index (χ0v) is 14.4. The van der Waals surface area contributed by atoms with Crippen molar-refractivity contribution in [1.29, 1.82) is 0 Å². The van der Waals surface area contributed by atoms with Crippen molar-refractivity contribution in [2.45, 2.75) is 38.8 Å². The molecule has 0 saturated carbocycles. The lowest BCUT2D eigenvalue weighted by atomic mass is 10.1. The van der Waals surface area contributed by atoms with Gasteiger partial charge in [-0.15, -0.1) is 0 Å². The third-order valence-electron chi connectivity index (χ3n) is 4.00. The lowest BCUT2D eigenvalue weighted by Gasteiger charge is -2.41. The van der Waals surface area contributed by atoms with E-state index in [0.717, 1.165) is 19.5 Å². The summed E-state index contributed by atoms with van der Waals surface area (Å²) in [6.45, 7) is 8.45. The maximum Gasteiger partial charge on any atom is 0.410 e. The normalized spacial score (nSPS) is 19.7. The Kier molecular flexibility index (Phi) is 6.02. The Morgan fingerprint density at radius 1 is 1.26 bits per heavy atom. The fourth-order valence-electron chi connectivity index (χ4n) is 2.77. The molecule has 5 heteroatoms. The van der Waals surface area contributed by atoms with E-state index >= 15 is 0 Å². The third kappa shape index (κ3) is 5.52. The standard InChI is InChI=1S/C18H28N2O3/c1-18(2,3)23-17(22)20-12-11-19(16(13-20)14-21)10-9-15-7-5-4-6-8-15/h4-8,16,21H,9-14H2,1-3H3. The molecule has 128 valence electrons. The number of rotatable bonds is 4. The molecule has 1 fully saturated rings. The van der Waals surface area contributed by atoms with Gasteiger partial charge in [-0.05, 0) is 32.8 Å². The van der Waals surface area contributed by atoms with Crippen LogP contribution in [0.5, 0.6) is 0 Å². The Morgan fingerprint density at radius 2 is 1.96 bits per heavy atom. The fraction of sp³-hybridized carbons (Fsp3) is 0.611. The van der Waals surface area contributed by atoms with Crippen LogP contribution in [0.2, 0.25) is 0 Å². The van der Waals surface area contributed by atoms with Crippen LogP contribution in [0, 0.1) is 0 Å². The smallest absolute Gasteiger partial charge is 0.410 e. The van der Waals surface area contributed by atoms with Crippen molar-refractivity contribution in [3.63, 3.8) is 0 Å². The van der Waals surface area contributed by atoms with Crippen LogP contribution in [0.4, 0.5) is 4.79 Å². The molecule has 0 radical (unpaired) electrons. The summed E-state index contributed by atoms with van der Waals surface area (Å²) in [6, 6.07) is 10.3. The van der Waals surface area contributed by atoms with Crippen LogP contribution in [0.15, 0.2) is 30.3 Å². The molecule has 23 heavy (non-hydrogen) atoms. The van der Waals surface area contributed by atoms with Gasteiger partial charge in [0.15, 0.2) is 0 Å². The summed E-state index contributed by atoms with van der Waals surface area (Å²) in [4.78, 5) is 16.1. The number of hydrogen-bond acceptors (Lipinski definition) is 4. The minimum atomic E-state index is -0.490. The first-order chi connectivity index (χ1) is 10.9. The number of aliphatic hydroxyl groups excluding tert-OH is 1. The van der Waals surface area contributed by atoms with E-state index in [4.69, 9.17) is 4.74 Å². The third-order valence-corrected chi connectivity index (χ3v) is 4.00. The highest BCUT2D eigenvalue weighted by Crippen LogP contribution is 2.15. The highest BCUT2D eigenvalue weighted by Gasteiger charge is 2.31. The second kappa shape index (κ2) is 7.79. The van der Waals surface area contributed by atoms with Crippen LogP contribution in [-0.4, -0.2) is 65.4 Å². The van der Waals surface area contributed by atoms with Crippen LogP contribution >= 0.6 is 0 Å². The molecule has 1 aromatic rings. The molecule has 0 bridgehead atoms. The number of piperazine rings is 1. The van der Waals surface area contributed by atoms with Gasteiger partial charge in [0, 0.05) is 26.2 Å². The summed E-state index contributed by atoms with van der Waals surface area (Å²) in [5.74, 6) is 0.